The van der Waals surface area contributed by atoms with Gasteiger partial charge in [0.1, 0.15) is 5.75 Å². The first kappa shape index (κ1) is 16.3. The number of nitrogens with zero attached hydrogens (tertiary/aromatic N) is 1. The van der Waals surface area contributed by atoms with Crippen molar-refractivity contribution in [2.75, 3.05) is 32.8 Å². The summed E-state index contributed by atoms with van der Waals surface area (Å²) in [5, 5.41) is 13.9. The summed E-state index contributed by atoms with van der Waals surface area (Å²) in [6.45, 7) is 11.1. The second kappa shape index (κ2) is 7.78. The van der Waals surface area contributed by atoms with Crippen LogP contribution in [0.5, 0.6) is 5.75 Å². The van der Waals surface area contributed by atoms with Crippen molar-refractivity contribution >= 4 is 0 Å². The molecule has 0 amide bonds. The minimum Gasteiger partial charge on any atom is -0.493 e. The van der Waals surface area contributed by atoms with Gasteiger partial charge in [0.15, 0.2) is 0 Å². The highest BCUT2D eigenvalue weighted by molar-refractivity contribution is 5.29. The molecule has 0 saturated carbocycles. The molecule has 1 aliphatic rings. The summed E-state index contributed by atoms with van der Waals surface area (Å²) >= 11 is 0. The van der Waals surface area contributed by atoms with E-state index >= 15 is 0 Å². The van der Waals surface area contributed by atoms with Crippen molar-refractivity contribution in [1.82, 2.24) is 10.2 Å². The third-order valence-corrected chi connectivity index (χ3v) is 3.99. The molecule has 1 aromatic rings. The van der Waals surface area contributed by atoms with Crippen LogP contribution < -0.4 is 10.1 Å². The maximum atomic E-state index is 10.5. The van der Waals surface area contributed by atoms with Crippen LogP contribution in [0.3, 0.4) is 0 Å². The van der Waals surface area contributed by atoms with Gasteiger partial charge in [-0.15, -0.1) is 0 Å². The molecule has 4 heteroatoms. The average molecular weight is 292 g/mol. The second-order valence-electron chi connectivity index (χ2n) is 6.25. The summed E-state index contributed by atoms with van der Waals surface area (Å²) in [6.07, 6.45) is -0.456. The number of benzene rings is 1. The van der Waals surface area contributed by atoms with Gasteiger partial charge in [-0.1, -0.05) is 26.0 Å². The Labute approximate surface area is 128 Å². The van der Waals surface area contributed by atoms with Crippen molar-refractivity contribution in [2.45, 2.75) is 32.9 Å². The van der Waals surface area contributed by atoms with E-state index in [-0.39, 0.29) is 6.04 Å². The Balaban J connectivity index is 1.93. The fourth-order valence-corrected chi connectivity index (χ4v) is 2.59. The Morgan fingerprint density at radius 1 is 1.14 bits per heavy atom. The normalized spacial score (nSPS) is 19.5. The van der Waals surface area contributed by atoms with E-state index in [4.69, 9.17) is 4.74 Å². The van der Waals surface area contributed by atoms with Gasteiger partial charge in [-0.05, 0) is 30.5 Å². The Morgan fingerprint density at radius 3 is 2.33 bits per heavy atom. The molecule has 1 saturated heterocycles. The maximum Gasteiger partial charge on any atom is 0.119 e. The molecule has 0 aromatic heterocycles. The molecular weight excluding hydrogens is 264 g/mol. The zero-order chi connectivity index (χ0) is 15.2. The summed E-state index contributed by atoms with van der Waals surface area (Å²) in [5.74, 6) is 1.39. The molecule has 2 N–H and O–H groups in total. The van der Waals surface area contributed by atoms with Gasteiger partial charge in [0, 0.05) is 32.2 Å². The molecule has 0 radical (unpaired) electrons. The van der Waals surface area contributed by atoms with E-state index < -0.39 is 6.10 Å². The summed E-state index contributed by atoms with van der Waals surface area (Å²) in [4.78, 5) is 2.34. The van der Waals surface area contributed by atoms with Crippen molar-refractivity contribution in [2.24, 2.45) is 5.92 Å². The lowest BCUT2D eigenvalue weighted by Crippen LogP contribution is -2.49. The monoisotopic (exact) mass is 292 g/mol. The summed E-state index contributed by atoms with van der Waals surface area (Å²) in [7, 11) is 0. The standard InChI is InChI=1S/C17H28N2O2/c1-13(2)12-21-16-6-4-15(5-7-16)17(20)14(3)19-10-8-18-9-11-19/h4-7,13-14,17-18,20H,8-12H2,1-3H3. The number of hydrogen-bond donors (Lipinski definition) is 2. The Bertz CT molecular complexity index is 413. The molecule has 0 spiro atoms. The maximum absolute atomic E-state index is 10.5. The molecule has 0 aliphatic carbocycles. The third-order valence-electron chi connectivity index (χ3n) is 3.99. The highest BCUT2D eigenvalue weighted by Crippen LogP contribution is 2.23. The van der Waals surface area contributed by atoms with Crippen molar-refractivity contribution in [3.8, 4) is 5.75 Å². The van der Waals surface area contributed by atoms with Crippen molar-refractivity contribution < 1.29 is 9.84 Å². The van der Waals surface area contributed by atoms with E-state index in [2.05, 4.69) is 31.0 Å². The summed E-state index contributed by atoms with van der Waals surface area (Å²) < 4.78 is 5.68. The first-order valence-electron chi connectivity index (χ1n) is 7.93. The minimum absolute atomic E-state index is 0.134. The molecule has 1 aromatic carbocycles. The highest BCUT2D eigenvalue weighted by Gasteiger charge is 2.24. The lowest BCUT2D eigenvalue weighted by Gasteiger charge is -2.35. The Hall–Kier alpha value is -1.10. The van der Waals surface area contributed by atoms with Crippen LogP contribution >= 0.6 is 0 Å². The first-order valence-corrected chi connectivity index (χ1v) is 7.93. The summed E-state index contributed by atoms with van der Waals surface area (Å²) in [5.41, 5.74) is 0.956. The Kier molecular flexibility index (Phi) is 6.03. The third kappa shape index (κ3) is 4.70. The fraction of sp³-hybridized carbons (Fsp3) is 0.647. The van der Waals surface area contributed by atoms with Gasteiger partial charge in [0.05, 0.1) is 12.7 Å². The number of hydrogen-bond acceptors (Lipinski definition) is 4. The zero-order valence-corrected chi connectivity index (χ0v) is 13.4. The summed E-state index contributed by atoms with van der Waals surface area (Å²) in [6, 6.07) is 7.98. The Morgan fingerprint density at radius 2 is 1.76 bits per heavy atom. The van der Waals surface area contributed by atoms with Gasteiger partial charge in [-0.3, -0.25) is 4.90 Å². The van der Waals surface area contributed by atoms with Gasteiger partial charge < -0.3 is 15.2 Å². The number of nitrogens with one attached hydrogen (secondary N) is 1. The molecule has 1 fully saturated rings. The molecule has 118 valence electrons. The van der Waals surface area contributed by atoms with Crippen LogP contribution in [0, 0.1) is 5.92 Å². The number of aliphatic hydroxyl groups excluding tert-OH is 1. The highest BCUT2D eigenvalue weighted by atomic mass is 16.5. The quantitative estimate of drug-likeness (QED) is 0.842. The second-order valence-corrected chi connectivity index (χ2v) is 6.25. The van der Waals surface area contributed by atoms with Crippen LogP contribution in [-0.4, -0.2) is 48.8 Å². The first-order chi connectivity index (χ1) is 10.1. The largest absolute Gasteiger partial charge is 0.493 e. The van der Waals surface area contributed by atoms with Crippen LogP contribution in [0.1, 0.15) is 32.4 Å². The predicted molar refractivity (Wildman–Crippen MR) is 85.6 cm³/mol. The SMILES string of the molecule is CC(C)COc1ccc(C(O)C(C)N2CCNCC2)cc1. The van der Waals surface area contributed by atoms with Crippen molar-refractivity contribution in [3.63, 3.8) is 0 Å². The van der Waals surface area contributed by atoms with Crippen LogP contribution in [-0.2, 0) is 0 Å². The fourth-order valence-electron chi connectivity index (χ4n) is 2.59. The van der Waals surface area contributed by atoms with E-state index in [1.54, 1.807) is 0 Å². The molecule has 0 bridgehead atoms. The molecule has 4 nitrogen and oxygen atoms in total. The lowest BCUT2D eigenvalue weighted by molar-refractivity contribution is 0.0510. The van der Waals surface area contributed by atoms with Crippen LogP contribution in [0.2, 0.25) is 0 Å². The van der Waals surface area contributed by atoms with Gasteiger partial charge >= 0.3 is 0 Å². The topological polar surface area (TPSA) is 44.7 Å². The van der Waals surface area contributed by atoms with E-state index in [0.717, 1.165) is 44.1 Å². The smallest absolute Gasteiger partial charge is 0.119 e. The number of aliphatic hydroxyl groups is 1. The molecule has 2 atom stereocenters. The van der Waals surface area contributed by atoms with Crippen LogP contribution in [0.4, 0.5) is 0 Å². The van der Waals surface area contributed by atoms with E-state index in [1.165, 1.54) is 0 Å². The lowest BCUT2D eigenvalue weighted by atomic mass is 10.0. The van der Waals surface area contributed by atoms with E-state index in [9.17, 15) is 5.11 Å². The van der Waals surface area contributed by atoms with Gasteiger partial charge in [-0.2, -0.15) is 0 Å². The molecule has 1 aliphatic heterocycles. The number of ether oxygens (including phenoxy) is 1. The molecular formula is C17H28N2O2. The molecule has 2 rings (SSSR count). The van der Waals surface area contributed by atoms with Gasteiger partial charge in [-0.25, -0.2) is 0 Å². The molecule has 2 unspecified atom stereocenters. The zero-order valence-electron chi connectivity index (χ0n) is 13.4. The van der Waals surface area contributed by atoms with E-state index in [1.807, 2.05) is 24.3 Å². The molecule has 1 heterocycles. The van der Waals surface area contributed by atoms with Gasteiger partial charge in [0.2, 0.25) is 0 Å². The van der Waals surface area contributed by atoms with Crippen LogP contribution in [0.25, 0.3) is 0 Å². The van der Waals surface area contributed by atoms with Crippen LogP contribution in [0.15, 0.2) is 24.3 Å². The number of rotatable bonds is 6. The van der Waals surface area contributed by atoms with Crippen molar-refractivity contribution in [3.05, 3.63) is 29.8 Å². The minimum atomic E-state index is -0.456. The predicted octanol–water partition coefficient (Wildman–Crippen LogP) is 2.05. The average Bonchev–Trinajstić information content (AvgIpc) is 2.53. The molecule has 21 heavy (non-hydrogen) atoms. The van der Waals surface area contributed by atoms with Crippen molar-refractivity contribution in [1.29, 1.82) is 0 Å². The number of piperazine rings is 1. The van der Waals surface area contributed by atoms with Gasteiger partial charge in [0.25, 0.3) is 0 Å². The van der Waals surface area contributed by atoms with E-state index in [0.29, 0.717) is 5.92 Å².